The van der Waals surface area contributed by atoms with E-state index in [-0.39, 0.29) is 40.2 Å². The van der Waals surface area contributed by atoms with E-state index in [4.69, 9.17) is 23.7 Å². The first-order valence-electron chi connectivity index (χ1n) is 13.8. The fraction of sp³-hybridized carbons (Fsp3) is 0.323. The second-order valence-corrected chi connectivity index (χ2v) is 10.6. The number of benzene rings is 2. The Bertz CT molecular complexity index is 1860. The number of fused-ring (bicyclic) bond motifs is 2. The molecule has 230 valence electrons. The standard InChI is InChI=1S/C31H31N3O9S/c1-7-42-22(35)15-33-19-12-10-9-11-18(19)24(28(33)36)27-29(37)34-25(17-13-20(39-4)26(41-6)21(14-17)40-5)23(30(38)43-8-2)16(3)32-31(34)44-27/h9-14,25H,7-8,15H2,1-6H3. The summed E-state index contributed by atoms with van der Waals surface area (Å²) in [5.74, 6) is -0.765. The van der Waals surface area contributed by atoms with Crippen LogP contribution in [0.25, 0.3) is 5.57 Å². The lowest BCUT2D eigenvalue weighted by atomic mass is 9.95. The number of carbonyl (C=O) groups is 3. The molecule has 0 bridgehead atoms. The molecular formula is C31H31N3O9S. The first kappa shape index (κ1) is 30.5. The van der Waals surface area contributed by atoms with Gasteiger partial charge in [-0.25, -0.2) is 9.79 Å². The van der Waals surface area contributed by atoms with Gasteiger partial charge in [0, 0.05) is 5.56 Å². The number of allylic oxidation sites excluding steroid dienone is 1. The van der Waals surface area contributed by atoms with Crippen molar-refractivity contribution in [2.45, 2.75) is 26.8 Å². The molecule has 5 rings (SSSR count). The number of thiazole rings is 1. The zero-order valence-electron chi connectivity index (χ0n) is 25.1. The van der Waals surface area contributed by atoms with Crippen molar-refractivity contribution < 1.29 is 38.1 Å². The van der Waals surface area contributed by atoms with E-state index in [9.17, 15) is 19.2 Å². The summed E-state index contributed by atoms with van der Waals surface area (Å²) in [6.45, 7) is 4.98. The highest BCUT2D eigenvalue weighted by molar-refractivity contribution is 7.07. The molecule has 0 saturated carbocycles. The van der Waals surface area contributed by atoms with Gasteiger partial charge in [-0.3, -0.25) is 23.9 Å². The Balaban J connectivity index is 1.80. The second-order valence-electron chi connectivity index (χ2n) is 9.67. The lowest BCUT2D eigenvalue weighted by Gasteiger charge is -2.26. The number of aromatic nitrogens is 1. The van der Waals surface area contributed by atoms with Crippen LogP contribution in [0.3, 0.4) is 0 Å². The van der Waals surface area contributed by atoms with Crippen molar-refractivity contribution in [3.63, 3.8) is 0 Å². The molecule has 3 heterocycles. The Hall–Kier alpha value is -4.91. The molecule has 3 aromatic rings. The summed E-state index contributed by atoms with van der Waals surface area (Å²) in [7, 11) is 4.40. The van der Waals surface area contributed by atoms with Crippen molar-refractivity contribution in [1.29, 1.82) is 0 Å². The molecule has 2 aromatic carbocycles. The second kappa shape index (κ2) is 12.4. The van der Waals surface area contributed by atoms with Crippen LogP contribution in [0, 0.1) is 0 Å². The lowest BCUT2D eigenvalue weighted by molar-refractivity contribution is -0.142. The van der Waals surface area contributed by atoms with E-state index >= 15 is 0 Å². The van der Waals surface area contributed by atoms with E-state index in [2.05, 4.69) is 4.99 Å². The zero-order chi connectivity index (χ0) is 31.7. The molecule has 1 unspecified atom stereocenters. The molecule has 0 spiro atoms. The summed E-state index contributed by atoms with van der Waals surface area (Å²) >= 11 is 1.02. The zero-order valence-corrected chi connectivity index (χ0v) is 25.9. The molecule has 2 aliphatic rings. The maximum atomic E-state index is 14.4. The van der Waals surface area contributed by atoms with Crippen molar-refractivity contribution in [3.8, 4) is 17.2 Å². The Kier molecular flexibility index (Phi) is 8.59. The van der Waals surface area contributed by atoms with Crippen LogP contribution >= 0.6 is 11.3 Å². The van der Waals surface area contributed by atoms with Crippen LogP contribution in [0.4, 0.5) is 5.69 Å². The molecule has 1 amide bonds. The Morgan fingerprint density at radius 3 is 2.23 bits per heavy atom. The van der Waals surface area contributed by atoms with Gasteiger partial charge in [0.2, 0.25) is 5.75 Å². The fourth-order valence-electron chi connectivity index (χ4n) is 5.41. The molecule has 1 aromatic heterocycles. The van der Waals surface area contributed by atoms with Gasteiger partial charge in [0.1, 0.15) is 11.1 Å². The molecule has 1 atom stereocenters. The number of hydrogen-bond donors (Lipinski definition) is 0. The van der Waals surface area contributed by atoms with Gasteiger partial charge in [-0.15, -0.1) is 0 Å². The minimum Gasteiger partial charge on any atom is -0.493 e. The summed E-state index contributed by atoms with van der Waals surface area (Å²) in [4.78, 5) is 60.2. The molecular weight excluding hydrogens is 590 g/mol. The van der Waals surface area contributed by atoms with Gasteiger partial charge in [0.05, 0.1) is 63.1 Å². The average Bonchev–Trinajstić information content (AvgIpc) is 3.47. The molecule has 13 heteroatoms. The van der Waals surface area contributed by atoms with E-state index in [0.29, 0.717) is 39.8 Å². The number of methoxy groups -OCH3 is 3. The maximum Gasteiger partial charge on any atom is 0.338 e. The summed E-state index contributed by atoms with van der Waals surface area (Å²) < 4.78 is 28.6. The minimum absolute atomic E-state index is 0.105. The van der Waals surface area contributed by atoms with Crippen molar-refractivity contribution in [1.82, 2.24) is 4.57 Å². The number of para-hydroxylation sites is 1. The number of anilines is 1. The molecule has 0 saturated heterocycles. The summed E-state index contributed by atoms with van der Waals surface area (Å²) in [6, 6.07) is 9.22. The van der Waals surface area contributed by atoms with Crippen LogP contribution in [-0.4, -0.2) is 63.5 Å². The maximum absolute atomic E-state index is 14.4. The minimum atomic E-state index is -1.00. The van der Waals surface area contributed by atoms with Crippen LogP contribution in [0.2, 0.25) is 0 Å². The molecule has 0 radical (unpaired) electrons. The number of esters is 2. The third-order valence-electron chi connectivity index (χ3n) is 7.24. The van der Waals surface area contributed by atoms with Gasteiger partial charge < -0.3 is 23.7 Å². The predicted molar refractivity (Wildman–Crippen MR) is 161 cm³/mol. The van der Waals surface area contributed by atoms with E-state index in [1.165, 1.54) is 30.8 Å². The van der Waals surface area contributed by atoms with E-state index < -0.39 is 29.4 Å². The van der Waals surface area contributed by atoms with E-state index in [0.717, 1.165) is 11.3 Å². The number of ether oxygens (including phenoxy) is 5. The summed E-state index contributed by atoms with van der Waals surface area (Å²) in [5.41, 5.74) is 1.54. The van der Waals surface area contributed by atoms with E-state index in [1.807, 2.05) is 0 Å². The monoisotopic (exact) mass is 621 g/mol. The van der Waals surface area contributed by atoms with Gasteiger partial charge in [0.15, 0.2) is 16.3 Å². The van der Waals surface area contributed by atoms with Crippen molar-refractivity contribution in [2.24, 2.45) is 4.99 Å². The number of hydrogen-bond acceptors (Lipinski definition) is 11. The summed E-state index contributed by atoms with van der Waals surface area (Å²) in [5, 5.41) is 0. The number of amides is 1. The SMILES string of the molecule is CCOC(=O)CN1C(=O)C(=c2sc3n(c2=O)C(c2cc(OC)c(OC)c(OC)c2)C(C(=O)OCC)=C(C)N=3)c2ccccc21. The lowest BCUT2D eigenvalue weighted by Crippen LogP contribution is -2.41. The van der Waals surface area contributed by atoms with Gasteiger partial charge in [-0.05, 0) is 44.5 Å². The molecule has 44 heavy (non-hydrogen) atoms. The number of carbonyl (C=O) groups excluding carboxylic acids is 3. The van der Waals surface area contributed by atoms with Crippen molar-refractivity contribution in [3.05, 3.63) is 78.5 Å². The van der Waals surface area contributed by atoms with Gasteiger partial charge >= 0.3 is 11.9 Å². The first-order chi connectivity index (χ1) is 21.2. The third-order valence-corrected chi connectivity index (χ3v) is 8.29. The smallest absolute Gasteiger partial charge is 0.338 e. The van der Waals surface area contributed by atoms with Crippen LogP contribution in [0.1, 0.15) is 37.9 Å². The van der Waals surface area contributed by atoms with Gasteiger partial charge in [0.25, 0.3) is 11.5 Å². The molecule has 0 N–H and O–H groups in total. The van der Waals surface area contributed by atoms with E-state index in [1.54, 1.807) is 57.2 Å². The van der Waals surface area contributed by atoms with Crippen molar-refractivity contribution >= 4 is 40.4 Å². The third kappa shape index (κ3) is 5.02. The molecule has 12 nitrogen and oxygen atoms in total. The Labute approximate surface area is 256 Å². The fourth-order valence-corrected chi connectivity index (χ4v) is 6.55. The average molecular weight is 622 g/mol. The van der Waals surface area contributed by atoms with Crippen LogP contribution < -0.4 is 34.0 Å². The Morgan fingerprint density at radius 1 is 0.955 bits per heavy atom. The van der Waals surface area contributed by atoms with Crippen LogP contribution in [0.5, 0.6) is 17.2 Å². The quantitative estimate of drug-likeness (QED) is 0.329. The molecule has 0 fully saturated rings. The van der Waals surface area contributed by atoms with Crippen LogP contribution in [0.15, 0.2) is 57.5 Å². The Morgan fingerprint density at radius 2 is 1.61 bits per heavy atom. The topological polar surface area (TPSA) is 135 Å². The molecule has 2 aliphatic heterocycles. The highest BCUT2D eigenvalue weighted by Crippen LogP contribution is 2.42. The highest BCUT2D eigenvalue weighted by Gasteiger charge is 2.38. The number of nitrogens with zero attached hydrogens (tertiary/aromatic N) is 3. The van der Waals surface area contributed by atoms with Crippen molar-refractivity contribution in [2.75, 3.05) is 46.0 Å². The highest BCUT2D eigenvalue weighted by atomic mass is 32.1. The number of rotatable bonds is 9. The largest absolute Gasteiger partial charge is 0.493 e. The van der Waals surface area contributed by atoms with Crippen LogP contribution in [-0.2, 0) is 23.9 Å². The van der Waals surface area contributed by atoms with Gasteiger partial charge in [-0.2, -0.15) is 0 Å². The molecule has 0 aliphatic carbocycles. The predicted octanol–water partition coefficient (Wildman–Crippen LogP) is 2.10. The van der Waals surface area contributed by atoms with Gasteiger partial charge in [-0.1, -0.05) is 29.5 Å². The normalized spacial score (nSPS) is 16.6. The first-order valence-corrected chi connectivity index (χ1v) is 14.6. The summed E-state index contributed by atoms with van der Waals surface area (Å²) in [6.07, 6.45) is 0.